The summed E-state index contributed by atoms with van der Waals surface area (Å²) in [5.74, 6) is 0. The summed E-state index contributed by atoms with van der Waals surface area (Å²) in [6.07, 6.45) is 0. The second-order valence-corrected chi connectivity index (χ2v) is 14.6. The number of rotatable bonds is 6. The van der Waals surface area contributed by atoms with Crippen LogP contribution in [0.5, 0.6) is 0 Å². The highest BCUT2D eigenvalue weighted by molar-refractivity contribution is 6.11. The molecular weight excluding hydrogens is 677 g/mol. The van der Waals surface area contributed by atoms with E-state index in [0.29, 0.717) is 0 Å². The number of hydrogen-bond acceptors (Lipinski definition) is 0. The molecule has 0 amide bonds. The van der Waals surface area contributed by atoms with Crippen molar-refractivity contribution < 1.29 is 0 Å². The molecule has 0 radical (unpaired) electrons. The molecule has 0 spiro atoms. The first kappa shape index (κ1) is 32.0. The Morgan fingerprint density at radius 2 is 0.536 bits per heavy atom. The van der Waals surface area contributed by atoms with Crippen LogP contribution in [0.2, 0.25) is 0 Å². The Kier molecular flexibility index (Phi) is 7.53. The lowest BCUT2D eigenvalue weighted by molar-refractivity contribution is 1.18. The van der Waals surface area contributed by atoms with E-state index in [2.05, 4.69) is 228 Å². The number of aromatic nitrogens is 2. The van der Waals surface area contributed by atoms with Crippen molar-refractivity contribution in [2.45, 2.75) is 0 Å². The smallest absolute Gasteiger partial charge is 0.0547 e. The Morgan fingerprint density at radius 1 is 0.196 bits per heavy atom. The molecular formula is C54H36N2. The van der Waals surface area contributed by atoms with Crippen molar-refractivity contribution in [1.82, 2.24) is 9.13 Å². The van der Waals surface area contributed by atoms with Gasteiger partial charge in [0.05, 0.1) is 22.1 Å². The maximum atomic E-state index is 2.42. The fourth-order valence-electron chi connectivity index (χ4n) is 8.65. The van der Waals surface area contributed by atoms with Crippen molar-refractivity contribution in [3.63, 3.8) is 0 Å². The quantitative estimate of drug-likeness (QED) is 0.162. The summed E-state index contributed by atoms with van der Waals surface area (Å²) in [5, 5.41) is 5.01. The predicted molar refractivity (Wildman–Crippen MR) is 237 cm³/mol. The molecule has 262 valence electrons. The van der Waals surface area contributed by atoms with Gasteiger partial charge in [-0.1, -0.05) is 164 Å². The molecule has 0 aliphatic heterocycles. The van der Waals surface area contributed by atoms with Gasteiger partial charge in [-0.15, -0.1) is 0 Å². The van der Waals surface area contributed by atoms with Crippen molar-refractivity contribution in [1.29, 1.82) is 0 Å². The third-order valence-electron chi connectivity index (χ3n) is 11.3. The molecule has 0 unspecified atom stereocenters. The summed E-state index contributed by atoms with van der Waals surface area (Å²) in [5.41, 5.74) is 16.7. The van der Waals surface area contributed by atoms with E-state index in [-0.39, 0.29) is 0 Å². The third-order valence-corrected chi connectivity index (χ3v) is 11.3. The van der Waals surface area contributed by atoms with Gasteiger partial charge >= 0.3 is 0 Å². The van der Waals surface area contributed by atoms with Gasteiger partial charge in [0.15, 0.2) is 0 Å². The Bertz CT molecular complexity index is 3020. The van der Waals surface area contributed by atoms with Gasteiger partial charge < -0.3 is 9.13 Å². The molecule has 0 saturated carbocycles. The first-order valence-corrected chi connectivity index (χ1v) is 19.3. The van der Waals surface area contributed by atoms with Gasteiger partial charge in [0.2, 0.25) is 0 Å². The van der Waals surface area contributed by atoms with Crippen LogP contribution in [0.15, 0.2) is 218 Å². The lowest BCUT2D eigenvalue weighted by Crippen LogP contribution is -1.95. The lowest BCUT2D eigenvalue weighted by atomic mass is 9.97. The van der Waals surface area contributed by atoms with Gasteiger partial charge in [-0.05, 0) is 99.1 Å². The van der Waals surface area contributed by atoms with Crippen LogP contribution in [-0.2, 0) is 0 Å². The van der Waals surface area contributed by atoms with E-state index in [1.807, 2.05) is 0 Å². The highest BCUT2D eigenvalue weighted by atomic mass is 15.0. The van der Waals surface area contributed by atoms with Gasteiger partial charge in [-0.3, -0.25) is 0 Å². The van der Waals surface area contributed by atoms with Crippen LogP contribution in [0.25, 0.3) is 99.5 Å². The van der Waals surface area contributed by atoms with Gasteiger partial charge in [-0.2, -0.15) is 0 Å². The molecule has 0 bridgehead atoms. The molecule has 0 aliphatic carbocycles. The SMILES string of the molecule is c1ccc(-c2cccc(-n3c4ccccc4c4ccc(-c5cccc(-c6ccc7c8ccccc8n(-c8cccc(-c9ccccc9)c8)c7c6)c5)cc43)c2)cc1. The fraction of sp³-hybridized carbons (Fsp3) is 0. The minimum absolute atomic E-state index is 1.15. The molecule has 0 aliphatic rings. The van der Waals surface area contributed by atoms with Crippen molar-refractivity contribution in [3.8, 4) is 55.9 Å². The summed E-state index contributed by atoms with van der Waals surface area (Å²) in [7, 11) is 0. The Hall–Kier alpha value is -7.42. The Labute approximate surface area is 325 Å². The standard InChI is InChI=1S/C54H36N2/c1-3-14-37(15-4-1)41-20-12-22-45(33-41)55-51-26-9-7-24-47(51)49-30-28-43(35-53(49)55)39-18-11-19-40(32-39)44-29-31-50-48-25-8-10-27-52(48)56(54(50)36-44)46-23-13-21-42(34-46)38-16-5-2-6-17-38/h1-36H. The van der Waals surface area contributed by atoms with Crippen LogP contribution in [0, 0.1) is 0 Å². The number of para-hydroxylation sites is 2. The number of fused-ring (bicyclic) bond motifs is 6. The molecule has 9 aromatic carbocycles. The minimum Gasteiger partial charge on any atom is -0.309 e. The van der Waals surface area contributed by atoms with E-state index in [0.717, 1.165) is 11.4 Å². The van der Waals surface area contributed by atoms with E-state index in [1.54, 1.807) is 0 Å². The maximum Gasteiger partial charge on any atom is 0.0547 e. The van der Waals surface area contributed by atoms with Crippen molar-refractivity contribution in [2.24, 2.45) is 0 Å². The van der Waals surface area contributed by atoms with Crippen LogP contribution in [-0.4, -0.2) is 9.13 Å². The lowest BCUT2D eigenvalue weighted by Gasteiger charge is -2.12. The van der Waals surface area contributed by atoms with Crippen molar-refractivity contribution in [3.05, 3.63) is 218 Å². The van der Waals surface area contributed by atoms with Gasteiger partial charge in [0.1, 0.15) is 0 Å². The van der Waals surface area contributed by atoms with Crippen molar-refractivity contribution in [2.75, 3.05) is 0 Å². The predicted octanol–water partition coefficient (Wildman–Crippen LogP) is 14.5. The van der Waals surface area contributed by atoms with Crippen LogP contribution in [0.1, 0.15) is 0 Å². The summed E-state index contributed by atoms with van der Waals surface area (Å²) in [4.78, 5) is 0. The molecule has 11 aromatic rings. The topological polar surface area (TPSA) is 9.86 Å². The molecule has 2 nitrogen and oxygen atoms in total. The summed E-state index contributed by atoms with van der Waals surface area (Å²) in [6, 6.07) is 79.4. The largest absolute Gasteiger partial charge is 0.309 e. The molecule has 2 heterocycles. The number of benzene rings is 9. The first-order valence-electron chi connectivity index (χ1n) is 19.3. The van der Waals surface area contributed by atoms with Crippen LogP contribution < -0.4 is 0 Å². The molecule has 0 fully saturated rings. The summed E-state index contributed by atoms with van der Waals surface area (Å²) in [6.45, 7) is 0. The molecule has 56 heavy (non-hydrogen) atoms. The van der Waals surface area contributed by atoms with Gasteiger partial charge in [0, 0.05) is 32.9 Å². The second-order valence-electron chi connectivity index (χ2n) is 14.6. The molecule has 2 heteroatoms. The normalized spacial score (nSPS) is 11.6. The zero-order valence-corrected chi connectivity index (χ0v) is 30.7. The highest BCUT2D eigenvalue weighted by Crippen LogP contribution is 2.39. The summed E-state index contributed by atoms with van der Waals surface area (Å²) < 4.78 is 4.84. The first-order chi connectivity index (χ1) is 27.8. The van der Waals surface area contributed by atoms with Crippen LogP contribution in [0.4, 0.5) is 0 Å². The number of nitrogens with zero attached hydrogens (tertiary/aromatic N) is 2. The zero-order valence-electron chi connectivity index (χ0n) is 30.7. The van der Waals surface area contributed by atoms with E-state index < -0.39 is 0 Å². The van der Waals surface area contributed by atoms with E-state index >= 15 is 0 Å². The van der Waals surface area contributed by atoms with E-state index in [1.165, 1.54) is 88.1 Å². The van der Waals surface area contributed by atoms with E-state index in [4.69, 9.17) is 0 Å². The van der Waals surface area contributed by atoms with Crippen LogP contribution in [0.3, 0.4) is 0 Å². The molecule has 11 rings (SSSR count). The highest BCUT2D eigenvalue weighted by Gasteiger charge is 2.16. The van der Waals surface area contributed by atoms with E-state index in [9.17, 15) is 0 Å². The van der Waals surface area contributed by atoms with Crippen LogP contribution >= 0.6 is 0 Å². The Balaban J connectivity index is 1.04. The molecule has 0 atom stereocenters. The number of hydrogen-bond donors (Lipinski definition) is 0. The Morgan fingerprint density at radius 3 is 1.00 bits per heavy atom. The average molecular weight is 713 g/mol. The monoisotopic (exact) mass is 712 g/mol. The van der Waals surface area contributed by atoms with Gasteiger partial charge in [-0.25, -0.2) is 0 Å². The third kappa shape index (κ3) is 5.34. The summed E-state index contributed by atoms with van der Waals surface area (Å²) >= 11 is 0. The molecule has 2 aromatic heterocycles. The van der Waals surface area contributed by atoms with Gasteiger partial charge in [0.25, 0.3) is 0 Å². The fourth-order valence-corrected chi connectivity index (χ4v) is 8.65. The van der Waals surface area contributed by atoms with Crippen molar-refractivity contribution >= 4 is 43.6 Å². The average Bonchev–Trinajstić information content (AvgIpc) is 3.79. The molecule has 0 N–H and O–H groups in total. The molecule has 0 saturated heterocycles. The maximum absolute atomic E-state index is 2.42. The zero-order chi connectivity index (χ0) is 37.0. The minimum atomic E-state index is 1.15. The second kappa shape index (κ2) is 13.2.